The second-order valence-electron chi connectivity index (χ2n) is 7.20. The molecule has 3 heterocycles. The van der Waals surface area contributed by atoms with Crippen LogP contribution in [-0.2, 0) is 4.74 Å². The number of anilines is 1. The summed E-state index contributed by atoms with van der Waals surface area (Å²) in [6.07, 6.45) is 1.64. The van der Waals surface area contributed by atoms with E-state index in [9.17, 15) is 0 Å². The lowest BCUT2D eigenvalue weighted by molar-refractivity contribution is -0.906. The molecular formula is C21H28N5O2+. The molecule has 0 bridgehead atoms. The number of rotatable bonds is 6. The van der Waals surface area contributed by atoms with E-state index in [1.807, 2.05) is 12.1 Å². The molecule has 0 aliphatic carbocycles. The second-order valence-corrected chi connectivity index (χ2v) is 7.20. The van der Waals surface area contributed by atoms with Crippen LogP contribution in [0, 0.1) is 13.8 Å². The van der Waals surface area contributed by atoms with Gasteiger partial charge in [-0.25, -0.2) is 9.97 Å². The minimum Gasteiger partial charge on any atom is -0.497 e. The fourth-order valence-electron chi connectivity index (χ4n) is 3.85. The van der Waals surface area contributed by atoms with Gasteiger partial charge < -0.3 is 19.7 Å². The van der Waals surface area contributed by atoms with Crippen LogP contribution in [0.4, 0.5) is 5.82 Å². The number of aryl methyl sites for hydroxylation is 1. The number of nitrogens with one attached hydrogen (secondary N) is 2. The Morgan fingerprint density at radius 2 is 1.89 bits per heavy atom. The maximum atomic E-state index is 5.44. The first-order valence-electron chi connectivity index (χ1n) is 9.81. The maximum Gasteiger partial charge on any atom is 0.150 e. The number of hydrogen-bond acceptors (Lipinski definition) is 5. The van der Waals surface area contributed by atoms with E-state index in [0.717, 1.165) is 67.7 Å². The first-order chi connectivity index (χ1) is 13.7. The Morgan fingerprint density at radius 3 is 2.61 bits per heavy atom. The van der Waals surface area contributed by atoms with E-state index < -0.39 is 0 Å². The van der Waals surface area contributed by atoms with Crippen LogP contribution in [0.25, 0.3) is 16.7 Å². The van der Waals surface area contributed by atoms with Gasteiger partial charge in [-0.1, -0.05) is 0 Å². The van der Waals surface area contributed by atoms with E-state index in [2.05, 4.69) is 45.8 Å². The van der Waals surface area contributed by atoms with Gasteiger partial charge in [0.2, 0.25) is 0 Å². The van der Waals surface area contributed by atoms with E-state index in [1.54, 1.807) is 18.3 Å². The Morgan fingerprint density at radius 1 is 1.14 bits per heavy atom. The third kappa shape index (κ3) is 3.55. The molecule has 4 rings (SSSR count). The minimum atomic E-state index is 0.845. The third-order valence-corrected chi connectivity index (χ3v) is 5.59. The van der Waals surface area contributed by atoms with E-state index in [1.165, 1.54) is 11.3 Å². The van der Waals surface area contributed by atoms with Crippen LogP contribution in [0.5, 0.6) is 5.75 Å². The quantitative estimate of drug-likeness (QED) is 0.674. The summed E-state index contributed by atoms with van der Waals surface area (Å²) < 4.78 is 12.9. The molecule has 0 radical (unpaired) electrons. The molecular weight excluding hydrogens is 354 g/mol. The number of aromatic nitrogens is 3. The van der Waals surface area contributed by atoms with Crippen molar-refractivity contribution in [2.75, 3.05) is 51.8 Å². The van der Waals surface area contributed by atoms with Crippen molar-refractivity contribution >= 4 is 16.9 Å². The highest BCUT2D eigenvalue weighted by molar-refractivity contribution is 5.93. The average Bonchev–Trinajstić information content (AvgIpc) is 3.00. The lowest BCUT2D eigenvalue weighted by atomic mass is 10.2. The first kappa shape index (κ1) is 18.7. The van der Waals surface area contributed by atoms with Crippen LogP contribution in [0.15, 0.2) is 30.6 Å². The molecule has 2 N–H and O–H groups in total. The Balaban J connectivity index is 1.62. The summed E-state index contributed by atoms with van der Waals surface area (Å²) in [6, 6.07) is 8.06. The number of quaternary nitrogens is 1. The molecule has 0 spiro atoms. The molecule has 0 unspecified atom stereocenters. The summed E-state index contributed by atoms with van der Waals surface area (Å²) in [5, 5.41) is 4.63. The maximum absolute atomic E-state index is 5.44. The van der Waals surface area contributed by atoms with Gasteiger partial charge in [0, 0.05) is 11.4 Å². The van der Waals surface area contributed by atoms with Gasteiger partial charge in [-0.2, -0.15) is 0 Å². The van der Waals surface area contributed by atoms with Gasteiger partial charge in [0.05, 0.1) is 38.8 Å². The number of benzene rings is 1. The van der Waals surface area contributed by atoms with Crippen LogP contribution in [0.3, 0.4) is 0 Å². The van der Waals surface area contributed by atoms with E-state index >= 15 is 0 Å². The van der Waals surface area contributed by atoms with Gasteiger partial charge >= 0.3 is 0 Å². The molecule has 1 saturated heterocycles. The monoisotopic (exact) mass is 382 g/mol. The average molecular weight is 382 g/mol. The van der Waals surface area contributed by atoms with Crippen molar-refractivity contribution in [1.82, 2.24) is 14.5 Å². The van der Waals surface area contributed by atoms with Crippen molar-refractivity contribution in [2.45, 2.75) is 13.8 Å². The number of nitrogens with zero attached hydrogens (tertiary/aromatic N) is 3. The second kappa shape index (κ2) is 8.16. The van der Waals surface area contributed by atoms with Gasteiger partial charge in [-0.15, -0.1) is 0 Å². The van der Waals surface area contributed by atoms with Crippen molar-refractivity contribution < 1.29 is 14.4 Å². The first-order valence-corrected chi connectivity index (χ1v) is 9.81. The molecule has 0 amide bonds. The summed E-state index contributed by atoms with van der Waals surface area (Å²) in [6.45, 7) is 10.1. The number of fused-ring (bicyclic) bond motifs is 1. The number of methoxy groups -OCH3 is 1. The van der Waals surface area contributed by atoms with Gasteiger partial charge in [0.1, 0.15) is 31.0 Å². The molecule has 1 aliphatic rings. The minimum absolute atomic E-state index is 0.845. The number of morpholine rings is 1. The topological polar surface area (TPSA) is 65.6 Å². The predicted molar refractivity (Wildman–Crippen MR) is 110 cm³/mol. The lowest BCUT2D eigenvalue weighted by Gasteiger charge is -2.23. The molecule has 2 aromatic heterocycles. The van der Waals surface area contributed by atoms with Crippen LogP contribution < -0.4 is 15.0 Å². The van der Waals surface area contributed by atoms with E-state index in [4.69, 9.17) is 9.47 Å². The van der Waals surface area contributed by atoms with Crippen LogP contribution >= 0.6 is 0 Å². The van der Waals surface area contributed by atoms with Crippen LogP contribution in [0.2, 0.25) is 0 Å². The Hall–Kier alpha value is -2.64. The third-order valence-electron chi connectivity index (χ3n) is 5.59. The summed E-state index contributed by atoms with van der Waals surface area (Å²) in [5.74, 6) is 1.75. The van der Waals surface area contributed by atoms with Gasteiger partial charge in [-0.3, -0.25) is 4.57 Å². The van der Waals surface area contributed by atoms with Gasteiger partial charge in [0.15, 0.2) is 5.65 Å². The molecule has 0 saturated carbocycles. The van der Waals surface area contributed by atoms with Crippen molar-refractivity contribution in [1.29, 1.82) is 0 Å². The highest BCUT2D eigenvalue weighted by Crippen LogP contribution is 2.31. The highest BCUT2D eigenvalue weighted by Gasteiger charge is 2.18. The fraction of sp³-hybridized carbons (Fsp3) is 0.429. The predicted octanol–water partition coefficient (Wildman–Crippen LogP) is 1.37. The normalized spacial score (nSPS) is 15.1. The molecule has 1 aromatic carbocycles. The largest absolute Gasteiger partial charge is 0.497 e. The summed E-state index contributed by atoms with van der Waals surface area (Å²) >= 11 is 0. The highest BCUT2D eigenvalue weighted by atomic mass is 16.5. The molecule has 3 aromatic rings. The molecule has 1 fully saturated rings. The molecule has 0 atom stereocenters. The summed E-state index contributed by atoms with van der Waals surface area (Å²) in [7, 11) is 1.68. The number of ether oxygens (including phenoxy) is 2. The molecule has 28 heavy (non-hydrogen) atoms. The molecule has 7 heteroatoms. The molecule has 7 nitrogen and oxygen atoms in total. The number of hydrogen-bond donors (Lipinski definition) is 2. The zero-order chi connectivity index (χ0) is 19.5. The smallest absolute Gasteiger partial charge is 0.150 e. The standard InChI is InChI=1S/C21H27N5O2/c1-15-16(2)26(17-4-6-18(27-3)7-5-17)21-19(15)20(23-14-24-21)22-8-9-25-10-12-28-13-11-25/h4-7,14H,8-13H2,1-3H3,(H,22,23,24)/p+1. The van der Waals surface area contributed by atoms with E-state index in [-0.39, 0.29) is 0 Å². The summed E-state index contributed by atoms with van der Waals surface area (Å²) in [4.78, 5) is 10.7. The molecule has 148 valence electrons. The van der Waals surface area contributed by atoms with Crippen molar-refractivity contribution in [3.8, 4) is 11.4 Å². The van der Waals surface area contributed by atoms with E-state index in [0.29, 0.717) is 0 Å². The van der Waals surface area contributed by atoms with Crippen LogP contribution in [-0.4, -0.2) is 61.0 Å². The SMILES string of the molecule is COc1ccc(-n2c(C)c(C)c3c(NCC[NH+]4CCOCC4)ncnc32)cc1. The van der Waals surface area contributed by atoms with Crippen molar-refractivity contribution in [2.24, 2.45) is 0 Å². The lowest BCUT2D eigenvalue weighted by Crippen LogP contribution is -3.14. The van der Waals surface area contributed by atoms with Crippen molar-refractivity contribution in [3.63, 3.8) is 0 Å². The van der Waals surface area contributed by atoms with Crippen LogP contribution in [0.1, 0.15) is 11.3 Å². The Bertz CT molecular complexity index is 946. The zero-order valence-corrected chi connectivity index (χ0v) is 16.8. The Kier molecular flexibility index (Phi) is 5.45. The zero-order valence-electron chi connectivity index (χ0n) is 16.8. The Labute approximate surface area is 165 Å². The fourth-order valence-corrected chi connectivity index (χ4v) is 3.85. The van der Waals surface area contributed by atoms with Gasteiger partial charge in [-0.05, 0) is 43.7 Å². The molecule has 1 aliphatic heterocycles. The van der Waals surface area contributed by atoms with Gasteiger partial charge in [0.25, 0.3) is 0 Å². The van der Waals surface area contributed by atoms with Crippen molar-refractivity contribution in [3.05, 3.63) is 41.9 Å². The summed E-state index contributed by atoms with van der Waals surface area (Å²) in [5.41, 5.74) is 4.37.